The van der Waals surface area contributed by atoms with E-state index in [9.17, 15) is 8.78 Å². The minimum atomic E-state index is -2.53. The second-order valence-electron chi connectivity index (χ2n) is 5.11. The average Bonchev–Trinajstić information content (AvgIpc) is 2.38. The molecule has 2 nitrogen and oxygen atoms in total. The molecule has 1 aliphatic carbocycles. The van der Waals surface area contributed by atoms with Gasteiger partial charge in [0.2, 0.25) is 5.92 Å². The average molecular weight is 290 g/mol. The van der Waals surface area contributed by atoms with Crippen molar-refractivity contribution in [3.8, 4) is 5.75 Å². The highest BCUT2D eigenvalue weighted by Crippen LogP contribution is 2.42. The van der Waals surface area contributed by atoms with E-state index in [0.29, 0.717) is 23.6 Å². The molecule has 19 heavy (non-hydrogen) atoms. The van der Waals surface area contributed by atoms with Crippen molar-refractivity contribution in [3.63, 3.8) is 0 Å². The van der Waals surface area contributed by atoms with Crippen molar-refractivity contribution in [2.75, 3.05) is 7.11 Å². The predicted octanol–water partition coefficient (Wildman–Crippen LogP) is 4.17. The van der Waals surface area contributed by atoms with Crippen molar-refractivity contribution in [1.29, 1.82) is 0 Å². The molecule has 1 aromatic carbocycles. The maximum atomic E-state index is 13.2. The Hall–Kier alpha value is -0.870. The molecule has 2 rings (SSSR count). The van der Waals surface area contributed by atoms with Gasteiger partial charge in [0, 0.05) is 29.5 Å². The van der Waals surface area contributed by atoms with E-state index in [1.807, 2.05) is 0 Å². The monoisotopic (exact) mass is 289 g/mol. The van der Waals surface area contributed by atoms with Crippen LogP contribution in [0.1, 0.15) is 37.3 Å². The molecule has 106 valence electrons. The molecule has 0 heterocycles. The van der Waals surface area contributed by atoms with Gasteiger partial charge in [0.25, 0.3) is 0 Å². The summed E-state index contributed by atoms with van der Waals surface area (Å²) in [6.45, 7) is 0. The van der Waals surface area contributed by atoms with Gasteiger partial charge in [0.1, 0.15) is 5.75 Å². The van der Waals surface area contributed by atoms with Crippen LogP contribution in [0.4, 0.5) is 8.78 Å². The van der Waals surface area contributed by atoms with Crippen LogP contribution < -0.4 is 10.5 Å². The van der Waals surface area contributed by atoms with Crippen LogP contribution in [0.5, 0.6) is 5.75 Å². The first-order valence-electron chi connectivity index (χ1n) is 6.40. The zero-order valence-electron chi connectivity index (χ0n) is 10.8. The van der Waals surface area contributed by atoms with Crippen LogP contribution in [0.15, 0.2) is 18.2 Å². The van der Waals surface area contributed by atoms with Crippen molar-refractivity contribution in [1.82, 2.24) is 0 Å². The van der Waals surface area contributed by atoms with Crippen LogP contribution in [-0.2, 0) is 0 Å². The smallest absolute Gasteiger partial charge is 0.248 e. The highest BCUT2D eigenvalue weighted by molar-refractivity contribution is 6.30. The van der Waals surface area contributed by atoms with E-state index in [2.05, 4.69) is 0 Å². The molecule has 1 atom stereocenters. The largest absolute Gasteiger partial charge is 0.496 e. The maximum Gasteiger partial charge on any atom is 0.248 e. The Bertz CT molecular complexity index is 443. The molecule has 0 amide bonds. The van der Waals surface area contributed by atoms with Gasteiger partial charge in [-0.2, -0.15) is 0 Å². The van der Waals surface area contributed by atoms with Crippen molar-refractivity contribution >= 4 is 11.6 Å². The van der Waals surface area contributed by atoms with Crippen LogP contribution in [0.3, 0.4) is 0 Å². The standard InChI is InChI=1S/C14H18ClF2NO/c1-19-12-3-2-10(15)8-11(12)13(18)9-4-6-14(16,17)7-5-9/h2-3,8-9,13H,4-7,18H2,1H3. The van der Waals surface area contributed by atoms with Crippen LogP contribution in [-0.4, -0.2) is 13.0 Å². The third-order valence-corrected chi connectivity index (χ3v) is 4.06. The lowest BCUT2D eigenvalue weighted by Gasteiger charge is -2.32. The second-order valence-corrected chi connectivity index (χ2v) is 5.54. The van der Waals surface area contributed by atoms with Gasteiger partial charge in [0.15, 0.2) is 0 Å². The number of nitrogens with two attached hydrogens (primary N) is 1. The van der Waals surface area contributed by atoms with Crippen molar-refractivity contribution in [3.05, 3.63) is 28.8 Å². The van der Waals surface area contributed by atoms with Gasteiger partial charge in [-0.25, -0.2) is 8.78 Å². The number of alkyl halides is 2. The lowest BCUT2D eigenvalue weighted by atomic mass is 9.80. The summed E-state index contributed by atoms with van der Waals surface area (Å²) >= 11 is 5.97. The minimum Gasteiger partial charge on any atom is -0.496 e. The van der Waals surface area contributed by atoms with Gasteiger partial charge in [-0.05, 0) is 37.0 Å². The fraction of sp³-hybridized carbons (Fsp3) is 0.571. The molecule has 5 heteroatoms. The Morgan fingerprint density at radius 2 is 2.00 bits per heavy atom. The highest BCUT2D eigenvalue weighted by atomic mass is 35.5. The molecular weight excluding hydrogens is 272 g/mol. The molecule has 2 N–H and O–H groups in total. The summed E-state index contributed by atoms with van der Waals surface area (Å²) in [4.78, 5) is 0. The molecule has 1 aromatic rings. The van der Waals surface area contributed by atoms with Gasteiger partial charge in [-0.3, -0.25) is 0 Å². The number of benzene rings is 1. The molecule has 1 saturated carbocycles. The molecule has 0 aliphatic heterocycles. The maximum absolute atomic E-state index is 13.2. The van der Waals surface area contributed by atoms with Crippen molar-refractivity contribution < 1.29 is 13.5 Å². The van der Waals surface area contributed by atoms with Crippen molar-refractivity contribution in [2.24, 2.45) is 11.7 Å². The SMILES string of the molecule is COc1ccc(Cl)cc1C(N)C1CCC(F)(F)CC1. The van der Waals surface area contributed by atoms with Gasteiger partial charge in [0.05, 0.1) is 7.11 Å². The fourth-order valence-electron chi connectivity index (χ4n) is 2.64. The van der Waals surface area contributed by atoms with E-state index in [1.54, 1.807) is 25.3 Å². The predicted molar refractivity (Wildman–Crippen MR) is 71.8 cm³/mol. The zero-order chi connectivity index (χ0) is 14.0. The first-order valence-corrected chi connectivity index (χ1v) is 6.77. The molecular formula is C14H18ClF2NO. The summed E-state index contributed by atoms with van der Waals surface area (Å²) in [5, 5.41) is 0.576. The molecule has 0 aromatic heterocycles. The van der Waals surface area contributed by atoms with Crippen LogP contribution in [0.2, 0.25) is 5.02 Å². The molecule has 0 radical (unpaired) electrons. The summed E-state index contributed by atoms with van der Waals surface area (Å²) in [6.07, 6.45) is 0.691. The Balaban J connectivity index is 2.16. The molecule has 0 spiro atoms. The Kier molecular flexibility index (Phi) is 4.31. The van der Waals surface area contributed by atoms with E-state index in [-0.39, 0.29) is 24.8 Å². The topological polar surface area (TPSA) is 35.2 Å². The minimum absolute atomic E-state index is 0.0481. The summed E-state index contributed by atoms with van der Waals surface area (Å²) in [6, 6.07) is 4.93. The number of methoxy groups -OCH3 is 1. The molecule has 1 aliphatic rings. The van der Waals surface area contributed by atoms with Gasteiger partial charge < -0.3 is 10.5 Å². The molecule has 1 unspecified atom stereocenters. The highest BCUT2D eigenvalue weighted by Gasteiger charge is 2.37. The van der Waals surface area contributed by atoms with E-state index in [1.165, 1.54) is 0 Å². The Morgan fingerprint density at radius 1 is 1.37 bits per heavy atom. The second kappa shape index (κ2) is 5.63. The summed E-state index contributed by atoms with van der Waals surface area (Å²) < 4.78 is 31.6. The van der Waals surface area contributed by atoms with E-state index >= 15 is 0 Å². The summed E-state index contributed by atoms with van der Waals surface area (Å²) in [7, 11) is 1.56. The quantitative estimate of drug-likeness (QED) is 0.906. The fourth-order valence-corrected chi connectivity index (χ4v) is 2.82. The third kappa shape index (κ3) is 3.37. The molecule has 0 saturated heterocycles. The number of hydrogen-bond donors (Lipinski definition) is 1. The van der Waals surface area contributed by atoms with Gasteiger partial charge in [-0.1, -0.05) is 11.6 Å². The molecule has 0 bridgehead atoms. The summed E-state index contributed by atoms with van der Waals surface area (Å²) in [5.74, 6) is -1.82. The van der Waals surface area contributed by atoms with E-state index in [0.717, 1.165) is 5.56 Å². The van der Waals surface area contributed by atoms with Crippen molar-refractivity contribution in [2.45, 2.75) is 37.6 Å². The normalized spacial score (nSPS) is 21.1. The van der Waals surface area contributed by atoms with Crippen LogP contribution in [0.25, 0.3) is 0 Å². The number of ether oxygens (including phenoxy) is 1. The lowest BCUT2D eigenvalue weighted by Crippen LogP contribution is -2.31. The number of halogens is 3. The van der Waals surface area contributed by atoms with Gasteiger partial charge in [-0.15, -0.1) is 0 Å². The zero-order valence-corrected chi connectivity index (χ0v) is 11.6. The number of hydrogen-bond acceptors (Lipinski definition) is 2. The Morgan fingerprint density at radius 3 is 2.58 bits per heavy atom. The van der Waals surface area contributed by atoms with Crippen LogP contribution >= 0.6 is 11.6 Å². The third-order valence-electron chi connectivity index (χ3n) is 3.82. The summed E-state index contributed by atoms with van der Waals surface area (Å²) in [5.41, 5.74) is 7.02. The lowest BCUT2D eigenvalue weighted by molar-refractivity contribution is -0.0484. The number of rotatable bonds is 3. The Labute approximate surface area is 116 Å². The first kappa shape index (κ1) is 14.5. The van der Waals surface area contributed by atoms with E-state index < -0.39 is 5.92 Å². The molecule has 1 fully saturated rings. The van der Waals surface area contributed by atoms with Crippen LogP contribution in [0, 0.1) is 5.92 Å². The van der Waals surface area contributed by atoms with Gasteiger partial charge >= 0.3 is 0 Å². The van der Waals surface area contributed by atoms with E-state index in [4.69, 9.17) is 22.1 Å². The first-order chi connectivity index (χ1) is 8.93.